The van der Waals surface area contributed by atoms with Crippen LogP contribution in [-0.2, 0) is 16.2 Å². The topological polar surface area (TPSA) is 77.4 Å². The first-order valence-electron chi connectivity index (χ1n) is 13.8. The summed E-state index contributed by atoms with van der Waals surface area (Å²) in [5.41, 5.74) is 7.38. The number of fused-ring (bicyclic) bond motifs is 3. The van der Waals surface area contributed by atoms with Crippen LogP contribution in [0.3, 0.4) is 0 Å². The lowest BCUT2D eigenvalue weighted by atomic mass is 9.97. The molecule has 8 heteroatoms. The molecule has 0 aliphatic heterocycles. The second kappa shape index (κ2) is 13.1. The van der Waals surface area contributed by atoms with Crippen LogP contribution in [0.25, 0.3) is 21.8 Å². The molecule has 0 bridgehead atoms. The van der Waals surface area contributed by atoms with Gasteiger partial charge >= 0.3 is 5.97 Å². The summed E-state index contributed by atoms with van der Waals surface area (Å²) in [6.07, 6.45) is 0.455. The molecule has 0 aliphatic rings. The first-order chi connectivity index (χ1) is 20.3. The van der Waals surface area contributed by atoms with Gasteiger partial charge in [-0.15, -0.1) is 17.2 Å². The Hall–Kier alpha value is -3.72. The van der Waals surface area contributed by atoms with Crippen LogP contribution in [0.2, 0.25) is 0 Å². The number of hydroxylamine groups is 1. The second-order valence-corrected chi connectivity index (χ2v) is 12.2. The summed E-state index contributed by atoms with van der Waals surface area (Å²) in [6, 6.07) is 26.3. The van der Waals surface area contributed by atoms with Crippen LogP contribution in [-0.4, -0.2) is 33.9 Å². The number of nitrogens with zero attached hydrogens (tertiary/aromatic N) is 1. The van der Waals surface area contributed by atoms with Crippen molar-refractivity contribution in [1.29, 1.82) is 0 Å². The van der Waals surface area contributed by atoms with Crippen molar-refractivity contribution >= 4 is 67.0 Å². The van der Waals surface area contributed by atoms with E-state index in [1.807, 2.05) is 91.9 Å². The van der Waals surface area contributed by atoms with Gasteiger partial charge in [0.25, 0.3) is 0 Å². The minimum absolute atomic E-state index is 0.0338. The van der Waals surface area contributed by atoms with E-state index in [9.17, 15) is 14.4 Å². The fourth-order valence-corrected chi connectivity index (χ4v) is 6.33. The maximum atomic E-state index is 13.8. The fourth-order valence-electron chi connectivity index (χ4n) is 5.15. The molecule has 1 N–H and O–H groups in total. The van der Waals surface area contributed by atoms with Gasteiger partial charge in [0, 0.05) is 67.1 Å². The lowest BCUT2D eigenvalue weighted by Gasteiger charge is -2.17. The van der Waals surface area contributed by atoms with Crippen LogP contribution in [0.1, 0.15) is 52.1 Å². The van der Waals surface area contributed by atoms with Crippen molar-refractivity contribution in [3.8, 4) is 0 Å². The quantitative estimate of drug-likeness (QED) is 0.0896. The third kappa shape index (κ3) is 6.36. The molecule has 5 rings (SSSR count). The maximum Gasteiger partial charge on any atom is 0.321 e. The van der Waals surface area contributed by atoms with E-state index in [-0.39, 0.29) is 11.6 Å². The average molecular weight is 644 g/mol. The molecule has 0 saturated carbocycles. The molecule has 1 unspecified atom stereocenters. The number of carbonyl (C=O) groups excluding carboxylic acids is 3. The highest BCUT2D eigenvalue weighted by molar-refractivity contribution is 9.10. The van der Waals surface area contributed by atoms with E-state index in [1.165, 1.54) is 6.92 Å². The lowest BCUT2D eigenvalue weighted by molar-refractivity contribution is -0.149. The average Bonchev–Trinajstić information content (AvgIpc) is 3.31. The monoisotopic (exact) mass is 642 g/mol. The van der Waals surface area contributed by atoms with Crippen LogP contribution in [0.5, 0.6) is 0 Å². The largest absolute Gasteiger partial charge is 0.370 e. The standard InChI is InChI=1S/C34H31BrN2O4S/c1-4-37-31-15-9-23(33(39)27-8-6-5-7-21(27)2)19-28(31)29-20-24(10-16-32(29)37)34(40)30(36-41-22(3)38)17-18-42-26-13-11-25(35)12-14-26/h5-16,19-20,30,36H,4,17-18H2,1-3H3. The molecular formula is C34H31BrN2O4S. The Morgan fingerprint density at radius 1 is 0.905 bits per heavy atom. The Labute approximate surface area is 257 Å². The van der Waals surface area contributed by atoms with E-state index in [0.717, 1.165) is 43.3 Å². The molecule has 214 valence electrons. The van der Waals surface area contributed by atoms with Gasteiger partial charge in [0.05, 0.1) is 0 Å². The lowest BCUT2D eigenvalue weighted by Crippen LogP contribution is -2.38. The third-order valence-electron chi connectivity index (χ3n) is 7.27. The zero-order valence-electron chi connectivity index (χ0n) is 23.6. The van der Waals surface area contributed by atoms with E-state index < -0.39 is 12.0 Å². The van der Waals surface area contributed by atoms with Gasteiger partial charge in [-0.2, -0.15) is 0 Å². The smallest absolute Gasteiger partial charge is 0.321 e. The zero-order chi connectivity index (χ0) is 29.8. The van der Waals surface area contributed by atoms with Gasteiger partial charge < -0.3 is 9.40 Å². The number of hydrogen-bond acceptors (Lipinski definition) is 6. The maximum absolute atomic E-state index is 13.8. The molecule has 6 nitrogen and oxygen atoms in total. The number of thioether (sulfide) groups is 1. The molecule has 0 fully saturated rings. The number of benzene rings is 4. The predicted octanol–water partition coefficient (Wildman–Crippen LogP) is 7.92. The van der Waals surface area contributed by atoms with Crippen molar-refractivity contribution in [2.45, 2.75) is 44.7 Å². The molecule has 0 aliphatic carbocycles. The molecule has 5 aromatic rings. The number of aromatic nitrogens is 1. The number of carbonyl (C=O) groups is 3. The van der Waals surface area contributed by atoms with Gasteiger partial charge in [0.1, 0.15) is 6.04 Å². The van der Waals surface area contributed by atoms with Crippen molar-refractivity contribution in [2.24, 2.45) is 0 Å². The molecule has 42 heavy (non-hydrogen) atoms. The summed E-state index contributed by atoms with van der Waals surface area (Å²) >= 11 is 5.08. The van der Waals surface area contributed by atoms with Gasteiger partial charge in [-0.25, -0.2) is 0 Å². The summed E-state index contributed by atoms with van der Waals surface area (Å²) in [6.45, 7) is 6.05. The number of nitrogens with one attached hydrogen (secondary N) is 1. The van der Waals surface area contributed by atoms with Crippen molar-refractivity contribution in [3.63, 3.8) is 0 Å². The van der Waals surface area contributed by atoms with Gasteiger partial charge in [0.15, 0.2) is 11.6 Å². The minimum Gasteiger partial charge on any atom is -0.370 e. The Bertz CT molecular complexity index is 1800. The number of halogens is 1. The Balaban J connectivity index is 1.48. The van der Waals surface area contributed by atoms with Crippen molar-refractivity contribution in [1.82, 2.24) is 10.0 Å². The van der Waals surface area contributed by atoms with E-state index in [1.54, 1.807) is 11.8 Å². The van der Waals surface area contributed by atoms with Gasteiger partial charge in [-0.3, -0.25) is 14.4 Å². The summed E-state index contributed by atoms with van der Waals surface area (Å²) in [7, 11) is 0. The number of rotatable bonds is 11. The van der Waals surface area contributed by atoms with E-state index >= 15 is 0 Å². The Kier molecular flexibility index (Phi) is 9.26. The molecule has 4 aromatic carbocycles. The molecular weight excluding hydrogens is 612 g/mol. The highest BCUT2D eigenvalue weighted by Gasteiger charge is 2.23. The summed E-state index contributed by atoms with van der Waals surface area (Å²) in [4.78, 5) is 44.9. The first kappa shape index (κ1) is 29.8. The summed E-state index contributed by atoms with van der Waals surface area (Å²) in [5.74, 6) is -0.0676. The molecule has 0 radical (unpaired) electrons. The van der Waals surface area contributed by atoms with Crippen LogP contribution in [0.4, 0.5) is 0 Å². The Morgan fingerprint density at radius 3 is 2.19 bits per heavy atom. The van der Waals surface area contributed by atoms with Crippen molar-refractivity contribution < 1.29 is 19.2 Å². The summed E-state index contributed by atoms with van der Waals surface area (Å²) in [5, 5.41) is 1.81. The number of ketones is 2. The van der Waals surface area contributed by atoms with Crippen LogP contribution < -0.4 is 5.48 Å². The van der Waals surface area contributed by atoms with Crippen molar-refractivity contribution in [2.75, 3.05) is 5.75 Å². The molecule has 1 aromatic heterocycles. The third-order valence-corrected chi connectivity index (χ3v) is 8.84. The van der Waals surface area contributed by atoms with Gasteiger partial charge in [0.2, 0.25) is 0 Å². The first-order valence-corrected chi connectivity index (χ1v) is 15.6. The highest BCUT2D eigenvalue weighted by Crippen LogP contribution is 2.32. The van der Waals surface area contributed by atoms with Crippen LogP contribution in [0.15, 0.2) is 94.3 Å². The molecule has 0 amide bonds. The number of Topliss-reactive ketones (excluding diaryl/α,β-unsaturated/α-hetero) is 1. The highest BCUT2D eigenvalue weighted by atomic mass is 79.9. The van der Waals surface area contributed by atoms with E-state index in [0.29, 0.717) is 28.9 Å². The van der Waals surface area contributed by atoms with Crippen LogP contribution in [0, 0.1) is 6.92 Å². The molecule has 0 spiro atoms. The van der Waals surface area contributed by atoms with Gasteiger partial charge in [-0.05, 0) is 86.5 Å². The van der Waals surface area contributed by atoms with Crippen molar-refractivity contribution in [3.05, 3.63) is 112 Å². The van der Waals surface area contributed by atoms with E-state index in [4.69, 9.17) is 4.84 Å². The normalized spacial score (nSPS) is 12.0. The second-order valence-electron chi connectivity index (χ2n) is 10.1. The Morgan fingerprint density at radius 2 is 1.55 bits per heavy atom. The van der Waals surface area contributed by atoms with E-state index in [2.05, 4.69) is 32.9 Å². The fraction of sp³-hybridized carbons (Fsp3) is 0.206. The van der Waals surface area contributed by atoms with Gasteiger partial charge in [-0.1, -0.05) is 40.2 Å². The molecule has 1 heterocycles. The summed E-state index contributed by atoms with van der Waals surface area (Å²) < 4.78 is 3.19. The number of aryl methyl sites for hydroxylation is 2. The molecule has 0 saturated heterocycles. The zero-order valence-corrected chi connectivity index (χ0v) is 26.1. The molecule has 1 atom stereocenters. The van der Waals surface area contributed by atoms with Crippen LogP contribution >= 0.6 is 27.7 Å². The predicted molar refractivity (Wildman–Crippen MR) is 172 cm³/mol. The number of hydrogen-bond donors (Lipinski definition) is 1. The SMILES string of the molecule is CCn1c2ccc(C(=O)c3ccccc3C)cc2c2cc(C(=O)C(CCSc3ccc(Br)cc3)NOC(C)=O)ccc21. The minimum atomic E-state index is -0.716.